The average molecular weight is 133 g/mol. The zero-order valence-corrected chi connectivity index (χ0v) is 5.81. The van der Waals surface area contributed by atoms with Gasteiger partial charge in [-0.25, -0.2) is 0 Å². The summed E-state index contributed by atoms with van der Waals surface area (Å²) in [7, 11) is 0. The highest BCUT2D eigenvalue weighted by atomic mass is 14.7. The molecule has 51 valence electrons. The molecule has 0 aromatic heterocycles. The zero-order chi connectivity index (χ0) is 7.56. The Morgan fingerprint density at radius 2 is 2.40 bits per heavy atom. The number of amidine groups is 1. The smallest absolute Gasteiger partial charge is 0.123 e. The maximum atomic E-state index is 7.12. The van der Waals surface area contributed by atoms with Gasteiger partial charge in [-0.1, -0.05) is 18.2 Å². The summed E-state index contributed by atoms with van der Waals surface area (Å²) in [6.07, 6.45) is 0. The molecule has 1 aromatic rings. The summed E-state index contributed by atoms with van der Waals surface area (Å²) >= 11 is 0. The molecule has 2 heteroatoms. The van der Waals surface area contributed by atoms with E-state index in [1.165, 1.54) is 0 Å². The maximum absolute atomic E-state index is 7.12. The topological polar surface area (TPSA) is 49.9 Å². The van der Waals surface area contributed by atoms with Crippen LogP contribution in [0.4, 0.5) is 0 Å². The van der Waals surface area contributed by atoms with Crippen molar-refractivity contribution in [2.24, 2.45) is 5.73 Å². The summed E-state index contributed by atoms with van der Waals surface area (Å²) in [6.45, 7) is 1.91. The van der Waals surface area contributed by atoms with Crippen LogP contribution in [0.1, 0.15) is 11.1 Å². The summed E-state index contributed by atoms with van der Waals surface area (Å²) in [6, 6.07) is 8.43. The molecular formula is C8H9N2. The van der Waals surface area contributed by atoms with Crippen LogP contribution in [-0.2, 0) is 0 Å². The summed E-state index contributed by atoms with van der Waals surface area (Å²) in [5.74, 6) is 0.0816. The van der Waals surface area contributed by atoms with Crippen molar-refractivity contribution in [2.75, 3.05) is 0 Å². The second-order valence-electron chi connectivity index (χ2n) is 2.14. The van der Waals surface area contributed by atoms with Crippen molar-refractivity contribution >= 4 is 5.84 Å². The monoisotopic (exact) mass is 133 g/mol. The van der Waals surface area contributed by atoms with E-state index < -0.39 is 0 Å². The van der Waals surface area contributed by atoms with E-state index >= 15 is 0 Å². The fourth-order valence-corrected chi connectivity index (χ4v) is 0.811. The van der Waals surface area contributed by atoms with Crippen LogP contribution in [0.3, 0.4) is 0 Å². The quantitative estimate of drug-likeness (QED) is 0.437. The molecule has 1 radical (unpaired) electrons. The van der Waals surface area contributed by atoms with Crippen LogP contribution in [-0.4, -0.2) is 5.84 Å². The van der Waals surface area contributed by atoms with Crippen LogP contribution in [0.5, 0.6) is 0 Å². The summed E-state index contributed by atoms with van der Waals surface area (Å²) < 4.78 is 0. The van der Waals surface area contributed by atoms with Crippen molar-refractivity contribution in [3.05, 3.63) is 35.4 Å². The molecule has 1 rings (SSSR count). The normalized spacial score (nSPS) is 9.30. The molecule has 3 N–H and O–H groups in total. The lowest BCUT2D eigenvalue weighted by Crippen LogP contribution is -2.12. The third kappa shape index (κ3) is 1.16. The van der Waals surface area contributed by atoms with Gasteiger partial charge in [-0.2, -0.15) is 0 Å². The highest BCUT2D eigenvalue weighted by Gasteiger charge is 1.97. The number of nitrogen functional groups attached to an aromatic ring is 1. The summed E-state index contributed by atoms with van der Waals surface area (Å²) in [4.78, 5) is 0. The van der Waals surface area contributed by atoms with Crippen molar-refractivity contribution < 1.29 is 0 Å². The first-order chi connectivity index (χ1) is 4.72. The molecule has 0 fully saturated rings. The number of nitrogens with two attached hydrogens (primary N) is 1. The number of hydrogen-bond donors (Lipinski definition) is 2. The first-order valence-electron chi connectivity index (χ1n) is 3.03. The SMILES string of the molecule is Cc1ccc[c]c1C(=N)N. The van der Waals surface area contributed by atoms with E-state index in [0.29, 0.717) is 5.56 Å². The van der Waals surface area contributed by atoms with E-state index in [9.17, 15) is 0 Å². The molecule has 0 aliphatic carbocycles. The highest BCUT2D eigenvalue weighted by molar-refractivity contribution is 5.95. The van der Waals surface area contributed by atoms with Gasteiger partial charge in [-0.15, -0.1) is 0 Å². The van der Waals surface area contributed by atoms with Gasteiger partial charge in [-0.3, -0.25) is 5.41 Å². The third-order valence-corrected chi connectivity index (χ3v) is 1.33. The number of benzene rings is 1. The van der Waals surface area contributed by atoms with Crippen LogP contribution in [0.15, 0.2) is 18.2 Å². The van der Waals surface area contributed by atoms with Crippen molar-refractivity contribution in [1.82, 2.24) is 0 Å². The van der Waals surface area contributed by atoms with Crippen LogP contribution in [0.25, 0.3) is 0 Å². The largest absolute Gasteiger partial charge is 0.384 e. The van der Waals surface area contributed by atoms with Crippen LogP contribution in [0, 0.1) is 18.4 Å². The number of hydrogen-bond acceptors (Lipinski definition) is 1. The van der Waals surface area contributed by atoms with E-state index in [-0.39, 0.29) is 5.84 Å². The predicted octanol–water partition coefficient (Wildman–Crippen LogP) is 1.08. The third-order valence-electron chi connectivity index (χ3n) is 1.33. The van der Waals surface area contributed by atoms with Crippen molar-refractivity contribution in [2.45, 2.75) is 6.92 Å². The van der Waals surface area contributed by atoms with Gasteiger partial charge in [0.2, 0.25) is 0 Å². The lowest BCUT2D eigenvalue weighted by Gasteiger charge is -1.99. The Labute approximate surface area is 60.2 Å². The minimum absolute atomic E-state index is 0.0816. The van der Waals surface area contributed by atoms with Gasteiger partial charge in [0.15, 0.2) is 0 Å². The minimum atomic E-state index is 0.0816. The van der Waals surface area contributed by atoms with Crippen LogP contribution < -0.4 is 5.73 Å². The Balaban J connectivity index is 3.15. The molecule has 1 aromatic carbocycles. The molecule has 0 aliphatic rings. The standard InChI is InChI=1S/C8H9N2/c1-6-4-2-3-5-7(6)8(9)10/h2-4H,1H3,(H3,9,10). The van der Waals surface area contributed by atoms with Crippen molar-refractivity contribution in [3.63, 3.8) is 0 Å². The Morgan fingerprint density at radius 3 is 2.80 bits per heavy atom. The van der Waals surface area contributed by atoms with Gasteiger partial charge in [0.1, 0.15) is 5.84 Å². The molecule has 2 nitrogen and oxygen atoms in total. The summed E-state index contributed by atoms with van der Waals surface area (Å²) in [5, 5.41) is 7.12. The Kier molecular flexibility index (Phi) is 1.71. The first kappa shape index (κ1) is 6.81. The van der Waals surface area contributed by atoms with Crippen molar-refractivity contribution in [3.8, 4) is 0 Å². The average Bonchev–Trinajstić information content (AvgIpc) is 1.88. The molecular weight excluding hydrogens is 124 g/mol. The van der Waals surface area contributed by atoms with Gasteiger partial charge < -0.3 is 5.73 Å². The molecule has 0 bridgehead atoms. The van der Waals surface area contributed by atoms with E-state index in [0.717, 1.165) is 5.56 Å². The molecule has 0 heterocycles. The van der Waals surface area contributed by atoms with Crippen LogP contribution in [0.2, 0.25) is 0 Å². The Bertz CT molecular complexity index is 253. The lowest BCUT2D eigenvalue weighted by atomic mass is 10.1. The van der Waals surface area contributed by atoms with E-state index in [4.69, 9.17) is 11.1 Å². The fourth-order valence-electron chi connectivity index (χ4n) is 0.811. The minimum Gasteiger partial charge on any atom is -0.384 e. The summed E-state index contributed by atoms with van der Waals surface area (Å²) in [5.41, 5.74) is 6.96. The Hall–Kier alpha value is -1.31. The second kappa shape index (κ2) is 2.52. The number of aryl methyl sites for hydroxylation is 1. The first-order valence-corrected chi connectivity index (χ1v) is 3.03. The molecule has 0 spiro atoms. The van der Waals surface area contributed by atoms with Crippen LogP contribution >= 0.6 is 0 Å². The fraction of sp³-hybridized carbons (Fsp3) is 0.125. The van der Waals surface area contributed by atoms with Gasteiger partial charge in [0, 0.05) is 5.56 Å². The zero-order valence-electron chi connectivity index (χ0n) is 5.81. The molecule has 10 heavy (non-hydrogen) atoms. The van der Waals surface area contributed by atoms with Gasteiger partial charge in [-0.05, 0) is 18.6 Å². The predicted molar refractivity (Wildman–Crippen MR) is 41.0 cm³/mol. The Morgan fingerprint density at radius 1 is 1.70 bits per heavy atom. The molecule has 0 saturated heterocycles. The molecule has 0 aliphatic heterocycles. The van der Waals surface area contributed by atoms with E-state index in [1.807, 2.05) is 19.1 Å². The second-order valence-corrected chi connectivity index (χ2v) is 2.14. The van der Waals surface area contributed by atoms with Gasteiger partial charge in [0.05, 0.1) is 0 Å². The van der Waals surface area contributed by atoms with Gasteiger partial charge in [0.25, 0.3) is 0 Å². The molecule has 0 saturated carbocycles. The highest BCUT2D eigenvalue weighted by Crippen LogP contribution is 2.03. The lowest BCUT2D eigenvalue weighted by molar-refractivity contribution is 1.36. The van der Waals surface area contributed by atoms with E-state index in [1.54, 1.807) is 6.07 Å². The number of rotatable bonds is 1. The van der Waals surface area contributed by atoms with E-state index in [2.05, 4.69) is 6.07 Å². The molecule has 0 atom stereocenters. The van der Waals surface area contributed by atoms with Crippen molar-refractivity contribution in [1.29, 1.82) is 5.41 Å². The maximum Gasteiger partial charge on any atom is 0.123 e. The number of nitrogens with one attached hydrogen (secondary N) is 1. The molecule has 0 unspecified atom stereocenters. The molecule has 0 amide bonds. The van der Waals surface area contributed by atoms with Gasteiger partial charge >= 0.3 is 0 Å².